The van der Waals surface area contributed by atoms with E-state index >= 15 is 0 Å². The number of allylic oxidation sites excluding steroid dienone is 8. The molecule has 0 N–H and O–H groups in total. The van der Waals surface area contributed by atoms with Crippen LogP contribution in [0, 0.1) is 18.1 Å². The summed E-state index contributed by atoms with van der Waals surface area (Å²) < 4.78 is 1.80. The molecule has 0 amide bonds. The van der Waals surface area contributed by atoms with Crippen molar-refractivity contribution in [2.45, 2.75) is 105 Å². The summed E-state index contributed by atoms with van der Waals surface area (Å²) in [7, 11) is 0. The zero-order chi connectivity index (χ0) is 28.1. The molecule has 0 nitrogen and oxygen atoms in total. The first-order chi connectivity index (χ1) is 18.4. The van der Waals surface area contributed by atoms with Gasteiger partial charge in [0.2, 0.25) is 0 Å². The summed E-state index contributed by atoms with van der Waals surface area (Å²) in [6.45, 7) is 17.9. The van der Waals surface area contributed by atoms with E-state index in [0.29, 0.717) is 5.92 Å². The van der Waals surface area contributed by atoms with Gasteiger partial charge < -0.3 is 24.8 Å². The minimum atomic E-state index is 0. The van der Waals surface area contributed by atoms with Crippen LogP contribution >= 0.6 is 0 Å². The van der Waals surface area contributed by atoms with Crippen LogP contribution in [0.3, 0.4) is 0 Å². The summed E-state index contributed by atoms with van der Waals surface area (Å²) in [4.78, 5) is 0. The maximum atomic E-state index is 3.65. The molecule has 0 radical (unpaired) electrons. The predicted octanol–water partition coefficient (Wildman–Crippen LogP) is 4.07. The van der Waals surface area contributed by atoms with E-state index in [2.05, 4.69) is 104 Å². The molecule has 5 aliphatic carbocycles. The Morgan fingerprint density at radius 1 is 0.780 bits per heavy atom. The number of hydrogen-bond acceptors (Lipinski definition) is 0. The Bertz CT molecular complexity index is 1370. The first kappa shape index (κ1) is 34.2. The van der Waals surface area contributed by atoms with Gasteiger partial charge in [-0.25, -0.2) is 17.2 Å². The maximum absolute atomic E-state index is 3.65. The van der Waals surface area contributed by atoms with Gasteiger partial charge in [0.05, 0.1) is 0 Å². The topological polar surface area (TPSA) is 0 Å². The second-order valence-electron chi connectivity index (χ2n) is 13.4. The third-order valence-corrected chi connectivity index (χ3v) is 10.2. The summed E-state index contributed by atoms with van der Waals surface area (Å²) in [5, 5.41) is 0. The van der Waals surface area contributed by atoms with Gasteiger partial charge in [0.1, 0.15) is 0 Å². The van der Waals surface area contributed by atoms with Crippen LogP contribution in [0.15, 0.2) is 48.1 Å². The van der Waals surface area contributed by atoms with Gasteiger partial charge in [-0.05, 0) is 58.4 Å². The summed E-state index contributed by atoms with van der Waals surface area (Å²) in [5.41, 5.74) is 15.9. The van der Waals surface area contributed by atoms with Crippen LogP contribution in [0.5, 0.6) is 0 Å². The van der Waals surface area contributed by atoms with Crippen LogP contribution in [0.2, 0.25) is 0 Å². The van der Waals surface area contributed by atoms with Crippen molar-refractivity contribution >= 4 is 14.4 Å². The first-order valence-electron chi connectivity index (χ1n) is 14.9. The predicted molar refractivity (Wildman–Crippen MR) is 166 cm³/mol. The van der Waals surface area contributed by atoms with Gasteiger partial charge in [-0.1, -0.05) is 71.1 Å². The number of benzene rings is 2. The molecule has 0 heterocycles. The zero-order valence-corrected chi connectivity index (χ0v) is 30.1. The molecule has 0 bridgehead atoms. The van der Waals surface area contributed by atoms with Gasteiger partial charge >= 0.3 is 59.5 Å². The Morgan fingerprint density at radius 2 is 1.37 bits per heavy atom. The molecule has 1 unspecified atom stereocenters. The second kappa shape index (κ2) is 13.2. The van der Waals surface area contributed by atoms with E-state index in [1.807, 2.05) is 6.08 Å². The second-order valence-corrected chi connectivity index (χ2v) is 15.1. The minimum absolute atomic E-state index is 0. The van der Waals surface area contributed by atoms with Crippen molar-refractivity contribution in [3.8, 4) is 11.1 Å². The van der Waals surface area contributed by atoms with E-state index in [1.165, 1.54) is 93.3 Å². The fourth-order valence-electron chi connectivity index (χ4n) is 7.01. The van der Waals surface area contributed by atoms with Crippen LogP contribution in [0.1, 0.15) is 121 Å². The fourth-order valence-corrected chi connectivity index (χ4v) is 7.88. The van der Waals surface area contributed by atoms with Gasteiger partial charge in [-0.3, -0.25) is 12.2 Å². The molecular weight excluding hydrogens is 619 g/mol. The molecule has 2 aromatic rings. The Kier molecular flexibility index (Phi) is 11.0. The van der Waals surface area contributed by atoms with Gasteiger partial charge in [0, 0.05) is 5.41 Å². The zero-order valence-electron chi connectivity index (χ0n) is 26.1. The van der Waals surface area contributed by atoms with E-state index in [4.69, 9.17) is 0 Å². The van der Waals surface area contributed by atoms with E-state index in [1.54, 1.807) is 27.4 Å². The molecule has 216 valence electrons. The average molecular weight is 663 g/mol. The number of hydrogen-bond donors (Lipinski definition) is 0. The molecule has 41 heavy (non-hydrogen) atoms. The number of fused-ring (bicyclic) bond motifs is 5. The third-order valence-electron chi connectivity index (χ3n) is 8.98. The standard InChI is InChI=1S/C25H25.C7H9.C6H10.2ClH.Zr/c1-14-12-24(3,4)22-8-16-7-17-9-23-19(15(2)13-25(23,5)6)11-21(17)20(16)10-18(14)22;1-6-3-4-7(2)5-6;1-2-4-6-5-3-1;;;/h8-12H,7H2,1-6H3;3,5,7H,1-2H3;1-5H2;2*1H;/q2*-1;;;;+2/p-2. The average Bonchev–Trinajstić information content (AvgIpc) is 3.55. The van der Waals surface area contributed by atoms with Crippen LogP contribution in [-0.4, -0.2) is 3.21 Å². The summed E-state index contributed by atoms with van der Waals surface area (Å²) in [6, 6.07) is 9.81. The van der Waals surface area contributed by atoms with Gasteiger partial charge in [0.25, 0.3) is 0 Å². The molecular formula is C38H44Cl2Zr-2. The molecule has 1 saturated carbocycles. The van der Waals surface area contributed by atoms with Crippen LogP contribution in [-0.2, 0) is 41.5 Å². The summed E-state index contributed by atoms with van der Waals surface area (Å²) >= 11 is 1.69. The molecule has 5 aliphatic rings. The van der Waals surface area contributed by atoms with Crippen molar-refractivity contribution in [1.82, 2.24) is 0 Å². The Morgan fingerprint density at radius 3 is 1.85 bits per heavy atom. The van der Waals surface area contributed by atoms with E-state index < -0.39 is 0 Å². The first-order valence-corrected chi connectivity index (χ1v) is 16.1. The SMILES string of the molecule is CC1=CC(C)[C-]=C1.CC1=[C-]C(C)(C)c2cc3c(cc21)-c1cc2c(cc1C3)C(C)(C)C=C2C.[Cl-].[Cl-].[Zr+2]=[C]1CCCCC1. The Hall–Kier alpha value is -1.27. The van der Waals surface area contributed by atoms with Gasteiger partial charge in [-0.15, -0.1) is 18.6 Å². The molecule has 0 aliphatic heterocycles. The number of rotatable bonds is 0. The summed E-state index contributed by atoms with van der Waals surface area (Å²) in [6.07, 6.45) is 21.8. The van der Waals surface area contributed by atoms with Crippen molar-refractivity contribution in [2.24, 2.45) is 5.92 Å². The molecule has 1 fully saturated rings. The molecule has 1 atom stereocenters. The molecule has 2 aromatic carbocycles. The Labute approximate surface area is 277 Å². The number of halogens is 2. The van der Waals surface area contributed by atoms with Crippen molar-refractivity contribution in [3.63, 3.8) is 0 Å². The van der Waals surface area contributed by atoms with E-state index in [0.717, 1.165) is 6.42 Å². The van der Waals surface area contributed by atoms with Crippen molar-refractivity contribution in [2.75, 3.05) is 0 Å². The quantitative estimate of drug-likeness (QED) is 0.319. The van der Waals surface area contributed by atoms with Crippen LogP contribution < -0.4 is 24.8 Å². The van der Waals surface area contributed by atoms with Gasteiger partial charge in [-0.2, -0.15) is 11.6 Å². The van der Waals surface area contributed by atoms with Crippen molar-refractivity contribution < 1.29 is 49.0 Å². The van der Waals surface area contributed by atoms with Crippen LogP contribution in [0.25, 0.3) is 22.3 Å². The van der Waals surface area contributed by atoms with Gasteiger partial charge in [0.15, 0.2) is 0 Å². The Balaban J connectivity index is 0.000000239. The van der Waals surface area contributed by atoms with E-state index in [9.17, 15) is 0 Å². The molecule has 7 rings (SSSR count). The normalized spacial score (nSPS) is 21.3. The van der Waals surface area contributed by atoms with Crippen molar-refractivity contribution in [1.29, 1.82) is 0 Å². The van der Waals surface area contributed by atoms with Crippen molar-refractivity contribution in [3.05, 3.63) is 93.6 Å². The molecule has 0 aromatic heterocycles. The monoisotopic (exact) mass is 660 g/mol. The fraction of sp³-hybridized carbons (Fsp3) is 0.447. The van der Waals surface area contributed by atoms with Crippen LogP contribution in [0.4, 0.5) is 0 Å². The molecule has 0 spiro atoms. The third kappa shape index (κ3) is 7.11. The van der Waals surface area contributed by atoms with E-state index in [-0.39, 0.29) is 35.6 Å². The molecule has 0 saturated heterocycles. The summed E-state index contributed by atoms with van der Waals surface area (Å²) in [5.74, 6) is 0.556. The molecule has 3 heteroatoms.